The third kappa shape index (κ3) is 2.64. The predicted octanol–water partition coefficient (Wildman–Crippen LogP) is 1.89. The standard InChI is InChI=1S/C13H24N2O/c1-6-12-9-15(13(16)7-2)11(5)8-14(12)10(3)4/h7,10-12H,2,6,8-9H2,1,3-5H3/t11-,12+/m1/s1. The maximum atomic E-state index is 11.7. The summed E-state index contributed by atoms with van der Waals surface area (Å²) in [6.07, 6.45) is 2.51. The van der Waals surface area contributed by atoms with Crippen LogP contribution in [0.5, 0.6) is 0 Å². The van der Waals surface area contributed by atoms with Gasteiger partial charge in [-0.2, -0.15) is 0 Å². The van der Waals surface area contributed by atoms with Crippen molar-refractivity contribution in [2.24, 2.45) is 0 Å². The molecule has 3 heteroatoms. The molecule has 0 aliphatic carbocycles. The second kappa shape index (κ2) is 5.48. The van der Waals surface area contributed by atoms with E-state index in [0.29, 0.717) is 12.1 Å². The molecule has 1 fully saturated rings. The van der Waals surface area contributed by atoms with Gasteiger partial charge in [0, 0.05) is 31.2 Å². The van der Waals surface area contributed by atoms with Gasteiger partial charge in [0.15, 0.2) is 0 Å². The van der Waals surface area contributed by atoms with Gasteiger partial charge in [0.05, 0.1) is 0 Å². The van der Waals surface area contributed by atoms with Gasteiger partial charge in [-0.15, -0.1) is 0 Å². The fraction of sp³-hybridized carbons (Fsp3) is 0.769. The number of carbonyl (C=O) groups excluding carboxylic acids is 1. The maximum Gasteiger partial charge on any atom is 0.246 e. The summed E-state index contributed by atoms with van der Waals surface area (Å²) < 4.78 is 0. The van der Waals surface area contributed by atoms with E-state index in [1.807, 2.05) is 4.90 Å². The number of carbonyl (C=O) groups is 1. The van der Waals surface area contributed by atoms with E-state index < -0.39 is 0 Å². The van der Waals surface area contributed by atoms with Gasteiger partial charge in [-0.25, -0.2) is 0 Å². The van der Waals surface area contributed by atoms with E-state index in [0.717, 1.165) is 19.5 Å². The van der Waals surface area contributed by atoms with Crippen molar-refractivity contribution in [1.82, 2.24) is 9.80 Å². The number of piperazine rings is 1. The van der Waals surface area contributed by atoms with Gasteiger partial charge in [-0.05, 0) is 33.3 Å². The van der Waals surface area contributed by atoms with Crippen LogP contribution in [0.4, 0.5) is 0 Å². The average Bonchev–Trinajstić information content (AvgIpc) is 2.27. The molecular weight excluding hydrogens is 200 g/mol. The molecule has 2 atom stereocenters. The van der Waals surface area contributed by atoms with E-state index in [1.54, 1.807) is 0 Å². The van der Waals surface area contributed by atoms with Crippen LogP contribution in [0, 0.1) is 0 Å². The molecule has 0 aromatic rings. The van der Waals surface area contributed by atoms with Crippen molar-refractivity contribution < 1.29 is 4.79 Å². The summed E-state index contributed by atoms with van der Waals surface area (Å²) in [7, 11) is 0. The number of hydrogen-bond acceptors (Lipinski definition) is 2. The van der Waals surface area contributed by atoms with Crippen LogP contribution in [-0.4, -0.2) is 46.9 Å². The maximum absolute atomic E-state index is 11.7. The first-order valence-corrected chi connectivity index (χ1v) is 6.20. The lowest BCUT2D eigenvalue weighted by molar-refractivity contribution is -0.132. The highest BCUT2D eigenvalue weighted by molar-refractivity contribution is 5.87. The van der Waals surface area contributed by atoms with E-state index in [-0.39, 0.29) is 11.9 Å². The van der Waals surface area contributed by atoms with Gasteiger partial charge >= 0.3 is 0 Å². The second-order valence-electron chi connectivity index (χ2n) is 4.90. The van der Waals surface area contributed by atoms with Gasteiger partial charge in [0.1, 0.15) is 0 Å². The molecule has 0 bridgehead atoms. The van der Waals surface area contributed by atoms with Crippen LogP contribution in [0.1, 0.15) is 34.1 Å². The van der Waals surface area contributed by atoms with E-state index in [9.17, 15) is 4.79 Å². The molecule has 3 nitrogen and oxygen atoms in total. The Morgan fingerprint density at radius 3 is 2.56 bits per heavy atom. The highest BCUT2D eigenvalue weighted by Crippen LogP contribution is 2.20. The minimum atomic E-state index is 0.0642. The minimum Gasteiger partial charge on any atom is -0.334 e. The first-order valence-electron chi connectivity index (χ1n) is 6.20. The molecule has 1 heterocycles. The molecule has 92 valence electrons. The molecule has 0 saturated carbocycles. The molecule has 1 saturated heterocycles. The molecular formula is C13H24N2O. The molecule has 1 rings (SSSR count). The molecule has 0 spiro atoms. The molecule has 16 heavy (non-hydrogen) atoms. The van der Waals surface area contributed by atoms with Crippen molar-refractivity contribution >= 4 is 5.91 Å². The van der Waals surface area contributed by atoms with Crippen molar-refractivity contribution in [3.8, 4) is 0 Å². The fourth-order valence-electron chi connectivity index (χ4n) is 2.49. The predicted molar refractivity (Wildman–Crippen MR) is 67.3 cm³/mol. The minimum absolute atomic E-state index is 0.0642. The Morgan fingerprint density at radius 2 is 2.12 bits per heavy atom. The largest absolute Gasteiger partial charge is 0.334 e. The van der Waals surface area contributed by atoms with E-state index in [2.05, 4.69) is 39.2 Å². The average molecular weight is 224 g/mol. The normalized spacial score (nSPS) is 27.2. The molecule has 1 aliphatic heterocycles. The summed E-state index contributed by atoms with van der Waals surface area (Å²) in [4.78, 5) is 16.1. The quantitative estimate of drug-likeness (QED) is 0.684. The zero-order chi connectivity index (χ0) is 12.3. The van der Waals surface area contributed by atoms with Crippen molar-refractivity contribution in [3.05, 3.63) is 12.7 Å². The first-order chi connectivity index (χ1) is 7.51. The second-order valence-corrected chi connectivity index (χ2v) is 4.90. The summed E-state index contributed by atoms with van der Waals surface area (Å²) in [5.41, 5.74) is 0. The first kappa shape index (κ1) is 13.2. The number of nitrogens with zero attached hydrogens (tertiary/aromatic N) is 2. The summed E-state index contributed by atoms with van der Waals surface area (Å²) in [6.45, 7) is 14.1. The lowest BCUT2D eigenvalue weighted by atomic mass is 10.0. The van der Waals surface area contributed by atoms with Gasteiger partial charge < -0.3 is 4.90 Å². The van der Waals surface area contributed by atoms with Gasteiger partial charge in [-0.1, -0.05) is 13.5 Å². The van der Waals surface area contributed by atoms with Crippen LogP contribution in [0.2, 0.25) is 0 Å². The third-order valence-electron chi connectivity index (χ3n) is 3.48. The Morgan fingerprint density at radius 1 is 1.50 bits per heavy atom. The van der Waals surface area contributed by atoms with Crippen LogP contribution in [-0.2, 0) is 4.79 Å². The van der Waals surface area contributed by atoms with Gasteiger partial charge in [0.25, 0.3) is 0 Å². The molecule has 0 unspecified atom stereocenters. The van der Waals surface area contributed by atoms with Crippen LogP contribution >= 0.6 is 0 Å². The lowest BCUT2D eigenvalue weighted by Crippen LogP contribution is -2.60. The topological polar surface area (TPSA) is 23.6 Å². The Kier molecular flexibility index (Phi) is 4.54. The van der Waals surface area contributed by atoms with Crippen LogP contribution in [0.3, 0.4) is 0 Å². The Labute approximate surface area is 99.1 Å². The van der Waals surface area contributed by atoms with Crippen LogP contribution < -0.4 is 0 Å². The van der Waals surface area contributed by atoms with Gasteiger partial charge in [0.2, 0.25) is 5.91 Å². The summed E-state index contributed by atoms with van der Waals surface area (Å²) in [5.74, 6) is 0.0642. The molecule has 0 N–H and O–H groups in total. The smallest absolute Gasteiger partial charge is 0.246 e. The zero-order valence-electron chi connectivity index (χ0n) is 10.9. The summed E-state index contributed by atoms with van der Waals surface area (Å²) in [5, 5.41) is 0. The molecule has 1 aliphatic rings. The van der Waals surface area contributed by atoms with E-state index in [4.69, 9.17) is 0 Å². The third-order valence-corrected chi connectivity index (χ3v) is 3.48. The number of amides is 1. The summed E-state index contributed by atoms with van der Waals surface area (Å²) >= 11 is 0. The highest BCUT2D eigenvalue weighted by atomic mass is 16.2. The van der Waals surface area contributed by atoms with Crippen LogP contribution in [0.25, 0.3) is 0 Å². The SMILES string of the molecule is C=CC(=O)N1C[C@H](CC)N(C(C)C)C[C@H]1C. The van der Waals surface area contributed by atoms with E-state index >= 15 is 0 Å². The molecule has 0 radical (unpaired) electrons. The Bertz CT molecular complexity index is 263. The van der Waals surface area contributed by atoms with Crippen molar-refractivity contribution in [1.29, 1.82) is 0 Å². The summed E-state index contributed by atoms with van der Waals surface area (Å²) in [6, 6.07) is 1.32. The van der Waals surface area contributed by atoms with Crippen molar-refractivity contribution in [2.75, 3.05) is 13.1 Å². The zero-order valence-corrected chi connectivity index (χ0v) is 10.9. The van der Waals surface area contributed by atoms with Crippen LogP contribution in [0.15, 0.2) is 12.7 Å². The van der Waals surface area contributed by atoms with Crippen molar-refractivity contribution in [2.45, 2.75) is 52.2 Å². The number of hydrogen-bond donors (Lipinski definition) is 0. The van der Waals surface area contributed by atoms with Gasteiger partial charge in [-0.3, -0.25) is 9.69 Å². The molecule has 0 aromatic heterocycles. The Hall–Kier alpha value is -0.830. The molecule has 1 amide bonds. The lowest BCUT2D eigenvalue weighted by Gasteiger charge is -2.46. The highest BCUT2D eigenvalue weighted by Gasteiger charge is 2.33. The monoisotopic (exact) mass is 224 g/mol. The van der Waals surface area contributed by atoms with Crippen molar-refractivity contribution in [3.63, 3.8) is 0 Å². The Balaban J connectivity index is 2.77. The molecule has 0 aromatic carbocycles. The fourth-order valence-corrected chi connectivity index (χ4v) is 2.49. The number of rotatable bonds is 3. The van der Waals surface area contributed by atoms with E-state index in [1.165, 1.54) is 6.08 Å².